The van der Waals surface area contributed by atoms with Gasteiger partial charge in [-0.1, -0.05) is 74.0 Å². The van der Waals surface area contributed by atoms with Crippen LogP contribution < -0.4 is 10.2 Å². The molecule has 2 N–H and O–H groups in total. The summed E-state index contributed by atoms with van der Waals surface area (Å²) in [5.74, 6) is 1.75. The van der Waals surface area contributed by atoms with E-state index in [0.29, 0.717) is 36.9 Å². The summed E-state index contributed by atoms with van der Waals surface area (Å²) in [5, 5.41) is 19.9. The van der Waals surface area contributed by atoms with Crippen molar-refractivity contribution in [2.75, 3.05) is 44.9 Å². The minimum Gasteiger partial charge on any atom is -0.481 e. The van der Waals surface area contributed by atoms with Gasteiger partial charge in [-0.2, -0.15) is 10.1 Å². The Labute approximate surface area is 320 Å². The first-order valence-electron chi connectivity index (χ1n) is 21.4. The van der Waals surface area contributed by atoms with Gasteiger partial charge in [-0.3, -0.25) is 4.79 Å². The average molecular weight is 736 g/mol. The Morgan fingerprint density at radius 3 is 2.42 bits per heavy atom. The molecule has 2 bridgehead atoms. The van der Waals surface area contributed by atoms with Crippen LogP contribution in [0.4, 0.5) is 5.95 Å². The molecule has 0 amide bonds. The molecule has 6 aliphatic rings. The fraction of sp³-hybridized carbons (Fsp3) is 0.886. The van der Waals surface area contributed by atoms with Crippen molar-refractivity contribution in [1.82, 2.24) is 20.1 Å². The van der Waals surface area contributed by atoms with Gasteiger partial charge in [-0.25, -0.2) is 4.68 Å². The second kappa shape index (κ2) is 13.6. The molecule has 4 aliphatic carbocycles. The molecular formula is C44H73N5O4. The van der Waals surface area contributed by atoms with Crippen LogP contribution >= 0.6 is 0 Å². The van der Waals surface area contributed by atoms with E-state index in [2.05, 4.69) is 97.3 Å². The second-order valence-corrected chi connectivity index (χ2v) is 20.8. The number of fused-ring (bicyclic) bond motifs is 3. The van der Waals surface area contributed by atoms with Crippen LogP contribution in [0.15, 0.2) is 18.0 Å². The van der Waals surface area contributed by atoms with Crippen molar-refractivity contribution >= 4 is 11.9 Å². The van der Waals surface area contributed by atoms with Crippen molar-refractivity contribution < 1.29 is 19.4 Å². The van der Waals surface area contributed by atoms with Crippen molar-refractivity contribution in [3.8, 4) is 0 Å². The lowest BCUT2D eigenvalue weighted by molar-refractivity contribution is -0.254. The summed E-state index contributed by atoms with van der Waals surface area (Å²) in [6.45, 7) is 27.3. The van der Waals surface area contributed by atoms with Gasteiger partial charge in [0.1, 0.15) is 6.33 Å². The summed E-state index contributed by atoms with van der Waals surface area (Å²) in [6, 6.07) is 0.00178. The molecule has 0 radical (unpaired) electrons. The minimum atomic E-state index is -0.610. The molecule has 0 unspecified atom stereocenters. The van der Waals surface area contributed by atoms with Crippen LogP contribution in [0.5, 0.6) is 0 Å². The molecule has 7 rings (SSSR count). The average Bonchev–Trinajstić information content (AvgIpc) is 3.61. The van der Waals surface area contributed by atoms with Gasteiger partial charge in [0.05, 0.1) is 37.9 Å². The number of allylic oxidation sites excluding steroid dienone is 1. The summed E-state index contributed by atoms with van der Waals surface area (Å²) in [7, 11) is 2.06. The number of carboxylic acids is 1. The molecular weight excluding hydrogens is 663 g/mol. The fourth-order valence-corrected chi connectivity index (χ4v) is 13.7. The van der Waals surface area contributed by atoms with Gasteiger partial charge >= 0.3 is 5.97 Å². The summed E-state index contributed by atoms with van der Waals surface area (Å²) in [6.07, 6.45) is 13.7. The quantitative estimate of drug-likeness (QED) is 0.231. The lowest BCUT2D eigenvalue weighted by atomic mass is 9.34. The van der Waals surface area contributed by atoms with E-state index in [4.69, 9.17) is 19.6 Å². The molecule has 9 heteroatoms. The first kappa shape index (κ1) is 39.3. The van der Waals surface area contributed by atoms with Crippen molar-refractivity contribution in [2.45, 2.75) is 145 Å². The third kappa shape index (κ3) is 5.64. The number of anilines is 1. The number of aliphatic carboxylic acids is 1. The van der Waals surface area contributed by atoms with Crippen LogP contribution in [0.3, 0.4) is 0 Å². The highest BCUT2D eigenvalue weighted by atomic mass is 16.5. The van der Waals surface area contributed by atoms with Crippen molar-refractivity contribution in [3.05, 3.63) is 18.0 Å². The number of piperidine rings is 1. The maximum Gasteiger partial charge on any atom is 0.307 e. The first-order valence-corrected chi connectivity index (χ1v) is 21.4. The lowest BCUT2D eigenvalue weighted by Crippen LogP contribution is -2.70. The third-order valence-electron chi connectivity index (χ3n) is 17.9. The Kier molecular flexibility index (Phi) is 10.1. The zero-order valence-electron chi connectivity index (χ0n) is 35.1. The molecule has 2 saturated heterocycles. The van der Waals surface area contributed by atoms with E-state index in [0.717, 1.165) is 64.2 Å². The normalized spacial score (nSPS) is 43.0. The summed E-state index contributed by atoms with van der Waals surface area (Å²) in [5.41, 5.74) is 0.110. The number of carbonyl (C=O) groups is 1. The van der Waals surface area contributed by atoms with E-state index >= 15 is 0 Å². The molecule has 298 valence electrons. The Bertz CT molecular complexity index is 1550. The van der Waals surface area contributed by atoms with Crippen LogP contribution in [0.1, 0.15) is 133 Å². The highest BCUT2D eigenvalue weighted by Gasteiger charge is 2.73. The third-order valence-corrected chi connectivity index (χ3v) is 17.9. The Morgan fingerprint density at radius 1 is 1.06 bits per heavy atom. The van der Waals surface area contributed by atoms with Crippen molar-refractivity contribution in [3.63, 3.8) is 0 Å². The topological polar surface area (TPSA) is 102 Å². The number of nitrogens with zero attached hydrogens (tertiary/aromatic N) is 4. The summed E-state index contributed by atoms with van der Waals surface area (Å²) < 4.78 is 16.7. The van der Waals surface area contributed by atoms with Crippen LogP contribution in [-0.2, 0) is 14.3 Å². The highest BCUT2D eigenvalue weighted by Crippen LogP contribution is 2.75. The molecule has 5 fully saturated rings. The van der Waals surface area contributed by atoms with Crippen LogP contribution in [0.25, 0.3) is 0 Å². The van der Waals surface area contributed by atoms with Crippen LogP contribution in [0, 0.1) is 62.6 Å². The summed E-state index contributed by atoms with van der Waals surface area (Å²) >= 11 is 0. The zero-order chi connectivity index (χ0) is 38.4. The molecule has 3 heterocycles. The highest BCUT2D eigenvalue weighted by molar-refractivity contribution is 5.73. The van der Waals surface area contributed by atoms with E-state index in [1.165, 1.54) is 24.8 Å². The predicted octanol–water partition coefficient (Wildman–Crippen LogP) is 8.42. The number of rotatable bonds is 10. The number of hydrogen-bond donors (Lipinski definition) is 2. The largest absolute Gasteiger partial charge is 0.481 e. The van der Waals surface area contributed by atoms with Gasteiger partial charge in [0.2, 0.25) is 5.95 Å². The van der Waals surface area contributed by atoms with E-state index in [1.807, 2.05) is 0 Å². The smallest absolute Gasteiger partial charge is 0.307 e. The van der Waals surface area contributed by atoms with Gasteiger partial charge < -0.3 is 24.8 Å². The van der Waals surface area contributed by atoms with Crippen molar-refractivity contribution in [2.24, 2.45) is 62.6 Å². The Balaban J connectivity index is 1.39. The van der Waals surface area contributed by atoms with Gasteiger partial charge in [0.15, 0.2) is 0 Å². The molecule has 1 aromatic rings. The van der Waals surface area contributed by atoms with E-state index in [1.54, 1.807) is 6.33 Å². The minimum absolute atomic E-state index is 0.00178. The monoisotopic (exact) mass is 736 g/mol. The SMILES string of the molecule is CN[C@@](C)(CO[C@H]1[C@H](n2ncnc2N2CCCCC2)C[C@]2(C)COC[C@@]13C1=CC[C@@]4(C)[C@H](C(=O)O)[C@@](C)([C@H](C)C(C)C)CC[C@]4(C)[C@H]1CC[C@H]23)C(C)C. The Hall–Kier alpha value is -1.97. The summed E-state index contributed by atoms with van der Waals surface area (Å²) in [4.78, 5) is 21.1. The van der Waals surface area contributed by atoms with Crippen molar-refractivity contribution in [1.29, 1.82) is 0 Å². The van der Waals surface area contributed by atoms with E-state index < -0.39 is 11.9 Å². The molecule has 53 heavy (non-hydrogen) atoms. The standard InChI is InChI=1S/C44H73N5O4/c1-28(2)30(5)40(7)19-20-41(8)31-15-16-34-39(6)23-33(49-38(46-27-47-49)48-21-13-12-14-22-48)36(53-25-43(10,45-11)29(3)4)44(34,26-52-24-39)32(31)17-18-42(41,9)35(40)37(50)51/h17,27-31,33-36,45H,12-16,18-26H2,1-11H3,(H,50,51)/t30-,31+,33-,34-,35-,36+,39-,40-,41-,42+,43+,44+/m1/s1. The molecule has 12 atom stereocenters. The van der Waals surface area contributed by atoms with Crippen LogP contribution in [-0.4, -0.2) is 77.4 Å². The molecule has 0 aromatic carbocycles. The van der Waals surface area contributed by atoms with E-state index in [9.17, 15) is 9.90 Å². The maximum atomic E-state index is 13.7. The number of aromatic nitrogens is 3. The van der Waals surface area contributed by atoms with Gasteiger partial charge in [-0.15, -0.1) is 0 Å². The number of nitrogens with one attached hydrogen (secondary N) is 1. The number of hydrogen-bond acceptors (Lipinski definition) is 7. The first-order chi connectivity index (χ1) is 24.9. The van der Waals surface area contributed by atoms with Gasteiger partial charge in [-0.05, 0) is 123 Å². The Morgan fingerprint density at radius 2 is 1.77 bits per heavy atom. The zero-order valence-corrected chi connectivity index (χ0v) is 35.1. The lowest BCUT2D eigenvalue weighted by Gasteiger charge is -2.71. The molecule has 1 aromatic heterocycles. The van der Waals surface area contributed by atoms with Gasteiger partial charge in [0.25, 0.3) is 0 Å². The molecule has 9 nitrogen and oxygen atoms in total. The maximum absolute atomic E-state index is 13.7. The molecule has 0 spiro atoms. The van der Waals surface area contributed by atoms with Crippen LogP contribution in [0.2, 0.25) is 0 Å². The predicted molar refractivity (Wildman–Crippen MR) is 211 cm³/mol. The number of ether oxygens (including phenoxy) is 2. The second-order valence-electron chi connectivity index (χ2n) is 20.8. The van der Waals surface area contributed by atoms with E-state index in [-0.39, 0.29) is 50.7 Å². The molecule has 2 aliphatic heterocycles. The molecule has 3 saturated carbocycles. The van der Waals surface area contributed by atoms with Gasteiger partial charge in [0, 0.05) is 24.0 Å². The number of carboxylic acid groups (broad SMARTS) is 1. The fourth-order valence-electron chi connectivity index (χ4n) is 13.7. The number of likely N-dealkylation sites (N-methyl/N-ethyl adjacent to an activating group) is 1.